The zero-order chi connectivity index (χ0) is 12.8. The van der Waals surface area contributed by atoms with Gasteiger partial charge in [-0.1, -0.05) is 0 Å². The summed E-state index contributed by atoms with van der Waals surface area (Å²) < 4.78 is 6.44. The molecule has 0 aliphatic rings. The lowest BCUT2D eigenvalue weighted by Crippen LogP contribution is -2.25. The molecule has 1 aromatic heterocycles. The standard InChI is InChI=1S/C10H14N2O5/c1-17-5-4-12-3-2-8(13)9(14)7(12)6-11-10(15)16/h2-3,11,14H,4-6H2,1H3,(H,15,16). The van der Waals surface area contributed by atoms with Crippen molar-refractivity contribution >= 4 is 6.09 Å². The topological polar surface area (TPSA) is 101 Å². The van der Waals surface area contributed by atoms with Crippen LogP contribution in [-0.4, -0.2) is 34.6 Å². The van der Waals surface area contributed by atoms with Crippen molar-refractivity contribution in [1.82, 2.24) is 9.88 Å². The first kappa shape index (κ1) is 13.0. The van der Waals surface area contributed by atoms with Gasteiger partial charge in [-0.3, -0.25) is 4.79 Å². The SMILES string of the molecule is COCCn1ccc(=O)c(O)c1CNC(=O)O. The fraction of sp³-hybridized carbons (Fsp3) is 0.400. The van der Waals surface area contributed by atoms with Gasteiger partial charge in [0.25, 0.3) is 0 Å². The highest BCUT2D eigenvalue weighted by Crippen LogP contribution is 2.10. The number of hydrogen-bond donors (Lipinski definition) is 3. The molecule has 94 valence electrons. The highest BCUT2D eigenvalue weighted by molar-refractivity contribution is 5.64. The summed E-state index contributed by atoms with van der Waals surface area (Å²) in [5, 5.41) is 20.2. The van der Waals surface area contributed by atoms with Crippen LogP contribution in [-0.2, 0) is 17.8 Å². The number of carboxylic acid groups (broad SMARTS) is 1. The quantitative estimate of drug-likeness (QED) is 0.673. The van der Waals surface area contributed by atoms with Gasteiger partial charge in [0.05, 0.1) is 18.8 Å². The van der Waals surface area contributed by atoms with Crippen molar-refractivity contribution in [2.45, 2.75) is 13.1 Å². The number of pyridine rings is 1. The maximum Gasteiger partial charge on any atom is 0.404 e. The zero-order valence-corrected chi connectivity index (χ0v) is 9.34. The summed E-state index contributed by atoms with van der Waals surface area (Å²) in [6.45, 7) is 0.671. The smallest absolute Gasteiger partial charge is 0.404 e. The Morgan fingerprint density at radius 3 is 2.88 bits per heavy atom. The Labute approximate surface area is 97.3 Å². The van der Waals surface area contributed by atoms with Crippen LogP contribution in [0, 0.1) is 0 Å². The first-order chi connectivity index (χ1) is 8.06. The lowest BCUT2D eigenvalue weighted by molar-refractivity contribution is 0.184. The molecular formula is C10H14N2O5. The molecule has 0 saturated heterocycles. The minimum absolute atomic E-state index is 0.138. The van der Waals surface area contributed by atoms with E-state index in [2.05, 4.69) is 5.32 Å². The van der Waals surface area contributed by atoms with Crippen LogP contribution in [0.3, 0.4) is 0 Å². The molecule has 1 amide bonds. The molecule has 0 atom stereocenters. The molecule has 0 fully saturated rings. The van der Waals surface area contributed by atoms with Crippen LogP contribution in [0.2, 0.25) is 0 Å². The predicted octanol–water partition coefficient (Wildman–Crippen LogP) is -0.0321. The Balaban J connectivity index is 2.98. The lowest BCUT2D eigenvalue weighted by Gasteiger charge is -2.14. The molecule has 7 heteroatoms. The molecule has 1 aromatic rings. The van der Waals surface area contributed by atoms with Crippen molar-refractivity contribution in [2.24, 2.45) is 0 Å². The van der Waals surface area contributed by atoms with E-state index in [1.807, 2.05) is 0 Å². The maximum atomic E-state index is 11.2. The highest BCUT2D eigenvalue weighted by Gasteiger charge is 2.10. The first-order valence-electron chi connectivity index (χ1n) is 4.93. The van der Waals surface area contributed by atoms with Crippen LogP contribution in [0.5, 0.6) is 5.75 Å². The second kappa shape index (κ2) is 5.90. The molecule has 3 N–H and O–H groups in total. The molecule has 0 aliphatic heterocycles. The third-order valence-corrected chi connectivity index (χ3v) is 2.20. The van der Waals surface area contributed by atoms with Gasteiger partial charge in [0.1, 0.15) is 0 Å². The number of amides is 1. The number of aromatic hydroxyl groups is 1. The van der Waals surface area contributed by atoms with E-state index in [1.54, 1.807) is 4.57 Å². The maximum absolute atomic E-state index is 11.2. The van der Waals surface area contributed by atoms with Crippen molar-refractivity contribution in [1.29, 1.82) is 0 Å². The van der Waals surface area contributed by atoms with Crippen LogP contribution < -0.4 is 10.7 Å². The van der Waals surface area contributed by atoms with Gasteiger partial charge in [0.2, 0.25) is 5.43 Å². The average Bonchev–Trinajstić information content (AvgIpc) is 2.29. The molecule has 1 heterocycles. The number of nitrogens with one attached hydrogen (secondary N) is 1. The largest absolute Gasteiger partial charge is 0.503 e. The normalized spacial score (nSPS) is 10.2. The first-order valence-corrected chi connectivity index (χ1v) is 4.93. The molecule has 0 radical (unpaired) electrons. The monoisotopic (exact) mass is 242 g/mol. The minimum atomic E-state index is -1.22. The molecule has 7 nitrogen and oxygen atoms in total. The van der Waals surface area contributed by atoms with Crippen LogP contribution in [0.4, 0.5) is 4.79 Å². The minimum Gasteiger partial charge on any atom is -0.503 e. The van der Waals surface area contributed by atoms with Crippen LogP contribution in [0.15, 0.2) is 17.1 Å². The molecule has 1 rings (SSSR count). The van der Waals surface area contributed by atoms with E-state index in [4.69, 9.17) is 9.84 Å². The summed E-state index contributed by atoms with van der Waals surface area (Å²) in [6.07, 6.45) is 0.263. The van der Waals surface area contributed by atoms with Gasteiger partial charge in [0, 0.05) is 25.9 Å². The number of methoxy groups -OCH3 is 1. The lowest BCUT2D eigenvalue weighted by atomic mass is 10.3. The third-order valence-electron chi connectivity index (χ3n) is 2.20. The van der Waals surface area contributed by atoms with Gasteiger partial charge in [-0.05, 0) is 0 Å². The van der Waals surface area contributed by atoms with E-state index < -0.39 is 17.3 Å². The van der Waals surface area contributed by atoms with E-state index in [1.165, 1.54) is 19.4 Å². The number of nitrogens with zero attached hydrogens (tertiary/aromatic N) is 1. The molecule has 0 saturated carbocycles. The van der Waals surface area contributed by atoms with Gasteiger partial charge in [-0.15, -0.1) is 0 Å². The van der Waals surface area contributed by atoms with Gasteiger partial charge in [0.15, 0.2) is 5.75 Å². The van der Waals surface area contributed by atoms with Crippen molar-refractivity contribution in [3.8, 4) is 5.75 Å². The van der Waals surface area contributed by atoms with Crippen molar-refractivity contribution < 1.29 is 19.7 Å². The number of rotatable bonds is 5. The van der Waals surface area contributed by atoms with Crippen LogP contribution in [0.1, 0.15) is 5.69 Å². The number of ether oxygens (including phenoxy) is 1. The van der Waals surface area contributed by atoms with Crippen LogP contribution in [0.25, 0.3) is 0 Å². The van der Waals surface area contributed by atoms with E-state index in [0.717, 1.165) is 0 Å². The Kier molecular flexibility index (Phi) is 4.53. The van der Waals surface area contributed by atoms with Crippen LogP contribution >= 0.6 is 0 Å². The second-order valence-corrected chi connectivity index (χ2v) is 3.32. The second-order valence-electron chi connectivity index (χ2n) is 3.32. The van der Waals surface area contributed by atoms with E-state index in [0.29, 0.717) is 13.2 Å². The predicted molar refractivity (Wildman–Crippen MR) is 59.1 cm³/mol. The summed E-state index contributed by atoms with van der Waals surface area (Å²) in [5.41, 5.74) is -0.321. The van der Waals surface area contributed by atoms with Crippen molar-refractivity contribution in [2.75, 3.05) is 13.7 Å². The summed E-state index contributed by atoms with van der Waals surface area (Å²) in [7, 11) is 1.53. The van der Waals surface area contributed by atoms with Gasteiger partial charge >= 0.3 is 6.09 Å². The molecule has 0 spiro atoms. The average molecular weight is 242 g/mol. The summed E-state index contributed by atoms with van der Waals surface area (Å²) in [4.78, 5) is 21.6. The zero-order valence-electron chi connectivity index (χ0n) is 9.34. The summed E-state index contributed by atoms with van der Waals surface area (Å²) in [5.74, 6) is -0.447. The Bertz CT molecular complexity index is 454. The van der Waals surface area contributed by atoms with E-state index in [9.17, 15) is 14.7 Å². The summed E-state index contributed by atoms with van der Waals surface area (Å²) in [6, 6.07) is 1.22. The number of hydrogen-bond acceptors (Lipinski definition) is 4. The Morgan fingerprint density at radius 1 is 1.59 bits per heavy atom. The highest BCUT2D eigenvalue weighted by atomic mass is 16.5. The number of aromatic nitrogens is 1. The van der Waals surface area contributed by atoms with Crippen molar-refractivity contribution in [3.05, 3.63) is 28.2 Å². The summed E-state index contributed by atoms with van der Waals surface area (Å²) >= 11 is 0. The molecular weight excluding hydrogens is 228 g/mol. The van der Waals surface area contributed by atoms with E-state index >= 15 is 0 Å². The fourth-order valence-electron chi connectivity index (χ4n) is 1.35. The molecule has 0 unspecified atom stereocenters. The van der Waals surface area contributed by atoms with E-state index in [-0.39, 0.29) is 12.2 Å². The Morgan fingerprint density at radius 2 is 2.29 bits per heavy atom. The van der Waals surface area contributed by atoms with Gasteiger partial charge in [-0.2, -0.15) is 0 Å². The van der Waals surface area contributed by atoms with Crippen molar-refractivity contribution in [3.63, 3.8) is 0 Å². The molecule has 0 aliphatic carbocycles. The van der Waals surface area contributed by atoms with Gasteiger partial charge < -0.3 is 24.8 Å². The molecule has 0 aromatic carbocycles. The number of carbonyl (C=O) groups is 1. The molecule has 0 bridgehead atoms. The fourth-order valence-corrected chi connectivity index (χ4v) is 1.35. The molecule has 17 heavy (non-hydrogen) atoms. The van der Waals surface area contributed by atoms with Gasteiger partial charge in [-0.25, -0.2) is 4.79 Å². The Hall–Kier alpha value is -2.02. The third kappa shape index (κ3) is 3.49.